The van der Waals surface area contributed by atoms with Crippen molar-refractivity contribution in [1.82, 2.24) is 19.9 Å². The molecule has 1 aromatic carbocycles. The summed E-state index contributed by atoms with van der Waals surface area (Å²) in [6.07, 6.45) is -0.413. The lowest BCUT2D eigenvalue weighted by Gasteiger charge is -2.35. The second-order valence-corrected chi connectivity index (χ2v) is 10.4. The molecule has 6 rings (SSSR count). The molecule has 1 amide bonds. The van der Waals surface area contributed by atoms with Crippen LogP contribution in [0.2, 0.25) is 0 Å². The van der Waals surface area contributed by atoms with E-state index >= 15 is 4.39 Å². The summed E-state index contributed by atoms with van der Waals surface area (Å²) >= 11 is 0. The van der Waals surface area contributed by atoms with E-state index in [1.165, 1.54) is 24.5 Å². The van der Waals surface area contributed by atoms with Crippen LogP contribution >= 0.6 is 0 Å². The molecule has 2 bridgehead atoms. The second-order valence-electron chi connectivity index (χ2n) is 10.4. The van der Waals surface area contributed by atoms with Crippen molar-refractivity contribution in [3.8, 4) is 11.1 Å². The predicted molar refractivity (Wildman–Crippen MR) is 143 cm³/mol. The number of aromatic nitrogens is 3. The van der Waals surface area contributed by atoms with Crippen LogP contribution in [-0.2, 0) is 10.9 Å². The predicted octanol–water partition coefficient (Wildman–Crippen LogP) is 2.97. The van der Waals surface area contributed by atoms with Crippen molar-refractivity contribution in [3.05, 3.63) is 64.1 Å². The highest BCUT2D eigenvalue weighted by Gasteiger charge is 2.43. The van der Waals surface area contributed by atoms with Gasteiger partial charge in [-0.05, 0) is 25.6 Å². The van der Waals surface area contributed by atoms with Crippen LogP contribution < -0.4 is 20.7 Å². The minimum absolute atomic E-state index is 0.0563. The Balaban J connectivity index is 1.38. The summed E-state index contributed by atoms with van der Waals surface area (Å²) in [6, 6.07) is 3.32. The number of amides is 1. The Morgan fingerprint density at radius 2 is 1.83 bits per heavy atom. The van der Waals surface area contributed by atoms with Gasteiger partial charge < -0.3 is 24.8 Å². The molecule has 2 atom stereocenters. The standard InChI is InChI=1S/C27H27F4N7O3/c1-36-13-17-6-16(36)14-38(17)23-9-21(28)18(15-10-33-26(34-11-15)37-2-4-41-5-3-37)7-22(23)35-25(40)19-12-32-24(39)8-20(19)27(29,30)31/h7-12,16-17H,2-6,13-14H2,1H3,(H,32,39)(H,35,40)/t16-,17-/m1/s1. The van der Waals surface area contributed by atoms with Crippen LogP contribution in [0, 0.1) is 5.82 Å². The maximum absolute atomic E-state index is 15.6. The van der Waals surface area contributed by atoms with Crippen molar-refractivity contribution in [2.24, 2.45) is 0 Å². The SMILES string of the molecule is CN1C[C@H]2C[C@@H]1CN2c1cc(F)c(-c2cnc(N3CCOCC3)nc2)cc1NC(=O)c1c[nH]c(=O)cc1C(F)(F)F. The smallest absolute Gasteiger partial charge is 0.378 e. The number of pyridine rings is 1. The lowest BCUT2D eigenvalue weighted by atomic mass is 10.0. The van der Waals surface area contributed by atoms with E-state index in [0.717, 1.165) is 19.2 Å². The molecule has 3 aromatic rings. The number of nitrogens with zero attached hydrogens (tertiary/aromatic N) is 5. The van der Waals surface area contributed by atoms with E-state index in [0.29, 0.717) is 56.1 Å². The number of fused-ring (bicyclic) bond motifs is 2. The first kappa shape index (κ1) is 27.1. The summed E-state index contributed by atoms with van der Waals surface area (Å²) in [5, 5.41) is 2.56. The Bertz CT molecular complexity index is 1520. The van der Waals surface area contributed by atoms with E-state index < -0.39 is 34.6 Å². The van der Waals surface area contributed by atoms with Gasteiger partial charge in [-0.1, -0.05) is 0 Å². The van der Waals surface area contributed by atoms with Gasteiger partial charge in [-0.2, -0.15) is 13.2 Å². The molecule has 0 spiro atoms. The molecule has 3 fully saturated rings. The lowest BCUT2D eigenvalue weighted by molar-refractivity contribution is -0.138. The van der Waals surface area contributed by atoms with Crippen LogP contribution in [0.4, 0.5) is 34.9 Å². The van der Waals surface area contributed by atoms with Gasteiger partial charge in [-0.3, -0.25) is 14.5 Å². The topological polar surface area (TPSA) is 107 Å². The third-order valence-corrected chi connectivity index (χ3v) is 7.87. The number of hydrogen-bond donors (Lipinski definition) is 2. The van der Waals surface area contributed by atoms with E-state index in [1.807, 2.05) is 16.8 Å². The number of morpholine rings is 1. The number of piperazine rings is 1. The Morgan fingerprint density at radius 1 is 1.10 bits per heavy atom. The van der Waals surface area contributed by atoms with Gasteiger partial charge in [0.15, 0.2) is 0 Å². The highest BCUT2D eigenvalue weighted by molar-refractivity contribution is 6.07. The number of alkyl halides is 3. The van der Waals surface area contributed by atoms with Gasteiger partial charge >= 0.3 is 6.18 Å². The number of H-pyrrole nitrogens is 1. The van der Waals surface area contributed by atoms with Crippen molar-refractivity contribution < 1.29 is 27.1 Å². The molecule has 41 heavy (non-hydrogen) atoms. The largest absolute Gasteiger partial charge is 0.417 e. The Hall–Kier alpha value is -4.04. The number of benzene rings is 1. The molecule has 0 aliphatic carbocycles. The second kappa shape index (κ2) is 10.4. The van der Waals surface area contributed by atoms with Gasteiger partial charge in [0.25, 0.3) is 5.91 Å². The molecular formula is C27H27F4N7O3. The number of rotatable bonds is 5. The highest BCUT2D eigenvalue weighted by Crippen LogP contribution is 2.41. The number of likely N-dealkylation sites (N-methyl/N-ethyl adjacent to an activating group) is 1. The Kier molecular flexibility index (Phi) is 6.90. The zero-order valence-corrected chi connectivity index (χ0v) is 22.0. The number of carbonyl (C=O) groups excluding carboxylic acids is 1. The number of ether oxygens (including phenoxy) is 1. The monoisotopic (exact) mass is 573 g/mol. The van der Waals surface area contributed by atoms with Crippen molar-refractivity contribution in [2.45, 2.75) is 24.7 Å². The number of likely N-dealkylation sites (tertiary alicyclic amines) is 1. The molecule has 216 valence electrons. The first-order chi connectivity index (χ1) is 19.6. The molecule has 0 radical (unpaired) electrons. The van der Waals surface area contributed by atoms with E-state index in [4.69, 9.17) is 4.74 Å². The minimum Gasteiger partial charge on any atom is -0.378 e. The molecule has 2 aromatic heterocycles. The van der Waals surface area contributed by atoms with Crippen LogP contribution in [0.3, 0.4) is 0 Å². The van der Waals surface area contributed by atoms with Crippen LogP contribution in [0.1, 0.15) is 22.3 Å². The number of aromatic amines is 1. The van der Waals surface area contributed by atoms with Gasteiger partial charge in [-0.15, -0.1) is 0 Å². The number of hydrogen-bond acceptors (Lipinski definition) is 8. The van der Waals surface area contributed by atoms with Crippen molar-refractivity contribution >= 4 is 23.2 Å². The molecule has 3 saturated heterocycles. The van der Waals surface area contributed by atoms with E-state index in [-0.39, 0.29) is 23.3 Å². The van der Waals surface area contributed by atoms with Crippen molar-refractivity contribution in [3.63, 3.8) is 0 Å². The average Bonchev–Trinajstić information content (AvgIpc) is 3.53. The minimum atomic E-state index is -4.93. The quantitative estimate of drug-likeness (QED) is 0.449. The molecule has 10 nitrogen and oxygen atoms in total. The Labute approximate surface area is 231 Å². The summed E-state index contributed by atoms with van der Waals surface area (Å²) < 4.78 is 62.0. The number of nitrogens with one attached hydrogen (secondary N) is 2. The summed E-state index contributed by atoms with van der Waals surface area (Å²) in [5.41, 5.74) is -2.19. The van der Waals surface area contributed by atoms with Crippen LogP contribution in [-0.4, -0.2) is 84.3 Å². The van der Waals surface area contributed by atoms with E-state index in [9.17, 15) is 22.8 Å². The van der Waals surface area contributed by atoms with Gasteiger partial charge in [0.2, 0.25) is 11.5 Å². The van der Waals surface area contributed by atoms with Gasteiger partial charge in [-0.25, -0.2) is 14.4 Å². The zero-order valence-electron chi connectivity index (χ0n) is 22.0. The van der Waals surface area contributed by atoms with Gasteiger partial charge in [0.05, 0.1) is 35.7 Å². The van der Waals surface area contributed by atoms with Gasteiger partial charge in [0, 0.05) is 74.0 Å². The number of halogens is 4. The fourth-order valence-electron chi connectivity index (χ4n) is 5.75. The summed E-state index contributed by atoms with van der Waals surface area (Å²) in [6.45, 7) is 3.64. The third kappa shape index (κ3) is 5.24. The molecule has 3 aliphatic heterocycles. The summed E-state index contributed by atoms with van der Waals surface area (Å²) in [4.78, 5) is 41.8. The highest BCUT2D eigenvalue weighted by atomic mass is 19.4. The molecule has 2 N–H and O–H groups in total. The van der Waals surface area contributed by atoms with Crippen molar-refractivity contribution in [2.75, 3.05) is 61.6 Å². The van der Waals surface area contributed by atoms with Gasteiger partial charge in [0.1, 0.15) is 5.82 Å². The molecule has 5 heterocycles. The maximum atomic E-state index is 15.6. The molecule has 14 heteroatoms. The lowest BCUT2D eigenvalue weighted by Crippen LogP contribution is -2.44. The molecule has 3 aliphatic rings. The van der Waals surface area contributed by atoms with E-state index in [2.05, 4.69) is 25.2 Å². The van der Waals surface area contributed by atoms with Crippen LogP contribution in [0.25, 0.3) is 11.1 Å². The van der Waals surface area contributed by atoms with E-state index in [1.54, 1.807) is 0 Å². The summed E-state index contributed by atoms with van der Waals surface area (Å²) in [5.74, 6) is -1.21. The normalized spacial score (nSPS) is 21.0. The number of anilines is 3. The third-order valence-electron chi connectivity index (χ3n) is 7.87. The first-order valence-corrected chi connectivity index (χ1v) is 13.2. The fraction of sp³-hybridized carbons (Fsp3) is 0.407. The van der Waals surface area contributed by atoms with Crippen molar-refractivity contribution in [1.29, 1.82) is 0 Å². The average molecular weight is 574 g/mol. The first-order valence-electron chi connectivity index (χ1n) is 13.2. The molecular weight excluding hydrogens is 546 g/mol. The maximum Gasteiger partial charge on any atom is 0.417 e. The van der Waals surface area contributed by atoms with Crippen LogP contribution in [0.15, 0.2) is 41.6 Å². The fourth-order valence-corrected chi connectivity index (χ4v) is 5.75. The van der Waals surface area contributed by atoms with Crippen LogP contribution in [0.5, 0.6) is 0 Å². The zero-order chi connectivity index (χ0) is 28.9. The molecule has 0 saturated carbocycles. The summed E-state index contributed by atoms with van der Waals surface area (Å²) in [7, 11) is 2.00. The molecule has 0 unspecified atom stereocenters. The number of carbonyl (C=O) groups is 1. The Morgan fingerprint density at radius 3 is 2.46 bits per heavy atom.